The molecule has 0 unspecified atom stereocenters. The van der Waals surface area contributed by atoms with Crippen molar-refractivity contribution in [3.8, 4) is 11.5 Å². The molecule has 0 amide bonds. The molecule has 0 spiro atoms. The van der Waals surface area contributed by atoms with Gasteiger partial charge in [-0.15, -0.1) is 0 Å². The van der Waals surface area contributed by atoms with Crippen LogP contribution in [0.2, 0.25) is 0 Å². The Kier molecular flexibility index (Phi) is 2.30. The molecule has 1 fully saturated rings. The van der Waals surface area contributed by atoms with Crippen molar-refractivity contribution < 1.29 is 19.0 Å². The van der Waals surface area contributed by atoms with Gasteiger partial charge in [-0.25, -0.2) is 0 Å². The fourth-order valence-electron chi connectivity index (χ4n) is 2.79. The molecular formula is C14H16O4. The summed E-state index contributed by atoms with van der Waals surface area (Å²) in [7, 11) is 1.63. The van der Waals surface area contributed by atoms with Crippen LogP contribution in [0.25, 0.3) is 0 Å². The van der Waals surface area contributed by atoms with Gasteiger partial charge in [0.25, 0.3) is 5.79 Å². The van der Waals surface area contributed by atoms with Gasteiger partial charge in [0.1, 0.15) is 11.5 Å². The summed E-state index contributed by atoms with van der Waals surface area (Å²) in [5, 5.41) is 0. The fraction of sp³-hybridized carbons (Fsp3) is 0.500. The predicted molar refractivity (Wildman–Crippen MR) is 64.7 cm³/mol. The normalized spacial score (nSPS) is 29.1. The summed E-state index contributed by atoms with van der Waals surface area (Å²) in [5.74, 6) is 0.630. The highest BCUT2D eigenvalue weighted by Gasteiger charge is 2.50. The molecule has 4 heteroatoms. The number of carbonyl (C=O) groups is 1. The van der Waals surface area contributed by atoms with Gasteiger partial charge < -0.3 is 14.2 Å². The van der Waals surface area contributed by atoms with Gasteiger partial charge in [0, 0.05) is 13.0 Å². The molecule has 0 saturated carbocycles. The van der Waals surface area contributed by atoms with Crippen LogP contribution in [-0.4, -0.2) is 18.9 Å². The molecule has 0 N–H and O–H groups in total. The third-order valence-corrected chi connectivity index (χ3v) is 3.88. The summed E-state index contributed by atoms with van der Waals surface area (Å²) in [6.07, 6.45) is 1.24. The monoisotopic (exact) mass is 248 g/mol. The van der Waals surface area contributed by atoms with E-state index in [0.717, 1.165) is 29.0 Å². The summed E-state index contributed by atoms with van der Waals surface area (Å²) in [6, 6.07) is 3.85. The molecule has 0 aromatic heterocycles. The molecule has 18 heavy (non-hydrogen) atoms. The van der Waals surface area contributed by atoms with Crippen LogP contribution in [0.3, 0.4) is 0 Å². The Balaban J connectivity index is 2.05. The van der Waals surface area contributed by atoms with Gasteiger partial charge in [-0.2, -0.15) is 0 Å². The highest BCUT2D eigenvalue weighted by molar-refractivity contribution is 5.73. The third kappa shape index (κ3) is 1.55. The van der Waals surface area contributed by atoms with Crippen LogP contribution < -0.4 is 9.47 Å². The van der Waals surface area contributed by atoms with Crippen LogP contribution in [0, 0.1) is 12.8 Å². The molecule has 3 rings (SSSR count). The van der Waals surface area contributed by atoms with E-state index in [1.165, 1.54) is 0 Å². The van der Waals surface area contributed by atoms with Gasteiger partial charge in [-0.1, -0.05) is 0 Å². The molecule has 1 saturated heterocycles. The summed E-state index contributed by atoms with van der Waals surface area (Å²) in [5.41, 5.74) is 2.28. The minimum atomic E-state index is -0.817. The average Bonchev–Trinajstić information content (AvgIpc) is 2.59. The zero-order valence-electron chi connectivity index (χ0n) is 10.8. The Bertz CT molecular complexity index is 523. The molecule has 2 aliphatic rings. The van der Waals surface area contributed by atoms with Gasteiger partial charge in [-0.05, 0) is 30.5 Å². The van der Waals surface area contributed by atoms with E-state index < -0.39 is 5.79 Å². The molecule has 4 nitrogen and oxygen atoms in total. The average molecular weight is 248 g/mol. The van der Waals surface area contributed by atoms with Crippen LogP contribution in [0.15, 0.2) is 12.1 Å². The number of ether oxygens (including phenoxy) is 3. The molecule has 0 aliphatic carbocycles. The Morgan fingerprint density at radius 1 is 1.33 bits per heavy atom. The maximum absolute atomic E-state index is 11.4. The maximum Gasteiger partial charge on any atom is 0.309 e. The number of fused-ring (bicyclic) bond motifs is 2. The van der Waals surface area contributed by atoms with E-state index in [2.05, 4.69) is 0 Å². The maximum atomic E-state index is 11.4. The third-order valence-electron chi connectivity index (χ3n) is 3.88. The van der Waals surface area contributed by atoms with Gasteiger partial charge in [0.15, 0.2) is 0 Å². The second-order valence-corrected chi connectivity index (χ2v) is 5.12. The molecule has 1 aromatic rings. The fourth-order valence-corrected chi connectivity index (χ4v) is 2.79. The van der Waals surface area contributed by atoms with E-state index in [1.807, 2.05) is 26.0 Å². The Morgan fingerprint density at radius 3 is 2.83 bits per heavy atom. The molecule has 2 atom stereocenters. The van der Waals surface area contributed by atoms with Gasteiger partial charge >= 0.3 is 5.97 Å². The van der Waals surface area contributed by atoms with Crippen molar-refractivity contribution >= 4 is 5.97 Å². The van der Waals surface area contributed by atoms with Crippen LogP contribution in [0.1, 0.15) is 24.5 Å². The number of aryl methyl sites for hydroxylation is 1. The second kappa shape index (κ2) is 3.64. The quantitative estimate of drug-likeness (QED) is 0.715. The lowest BCUT2D eigenvalue weighted by Gasteiger charge is -2.36. The first-order valence-electron chi connectivity index (χ1n) is 6.10. The van der Waals surface area contributed by atoms with Crippen LogP contribution in [0.5, 0.6) is 11.5 Å². The smallest absolute Gasteiger partial charge is 0.309 e. The lowest BCUT2D eigenvalue weighted by Crippen LogP contribution is -2.42. The lowest BCUT2D eigenvalue weighted by molar-refractivity contribution is -0.184. The summed E-state index contributed by atoms with van der Waals surface area (Å²) in [4.78, 5) is 11.4. The van der Waals surface area contributed by atoms with Crippen LogP contribution >= 0.6 is 0 Å². The van der Waals surface area contributed by atoms with E-state index in [-0.39, 0.29) is 11.9 Å². The minimum absolute atomic E-state index is 0.101. The largest absolute Gasteiger partial charge is 0.497 e. The number of hydrogen-bond donors (Lipinski definition) is 0. The Labute approximate surface area is 106 Å². The number of methoxy groups -OCH3 is 1. The van der Waals surface area contributed by atoms with E-state index in [0.29, 0.717) is 6.42 Å². The molecular weight excluding hydrogens is 232 g/mol. The number of benzene rings is 1. The van der Waals surface area contributed by atoms with Gasteiger partial charge in [0.2, 0.25) is 0 Å². The zero-order chi connectivity index (χ0) is 12.9. The predicted octanol–water partition coefficient (Wildman–Crippen LogP) is 2.22. The summed E-state index contributed by atoms with van der Waals surface area (Å²) in [6.45, 7) is 3.87. The van der Waals surface area contributed by atoms with Crippen molar-refractivity contribution in [1.29, 1.82) is 0 Å². The molecule has 96 valence electrons. The molecule has 0 bridgehead atoms. The van der Waals surface area contributed by atoms with E-state index in [4.69, 9.17) is 14.2 Å². The highest BCUT2D eigenvalue weighted by Crippen LogP contribution is 2.45. The van der Waals surface area contributed by atoms with E-state index in [1.54, 1.807) is 7.11 Å². The molecule has 1 aromatic carbocycles. The number of esters is 1. The van der Waals surface area contributed by atoms with Crippen molar-refractivity contribution in [3.63, 3.8) is 0 Å². The molecule has 0 radical (unpaired) electrons. The van der Waals surface area contributed by atoms with E-state index in [9.17, 15) is 4.79 Å². The summed E-state index contributed by atoms with van der Waals surface area (Å²) >= 11 is 0. The molecule has 2 aliphatic heterocycles. The van der Waals surface area contributed by atoms with Crippen molar-refractivity contribution in [3.05, 3.63) is 23.3 Å². The second-order valence-electron chi connectivity index (χ2n) is 5.12. The molecule has 2 heterocycles. The number of carbonyl (C=O) groups excluding carboxylic acids is 1. The lowest BCUT2D eigenvalue weighted by atomic mass is 9.86. The van der Waals surface area contributed by atoms with Crippen LogP contribution in [0.4, 0.5) is 0 Å². The Morgan fingerprint density at radius 2 is 2.11 bits per heavy atom. The van der Waals surface area contributed by atoms with Crippen molar-refractivity contribution in [2.75, 3.05) is 7.11 Å². The van der Waals surface area contributed by atoms with Crippen LogP contribution in [-0.2, 0) is 16.0 Å². The summed E-state index contributed by atoms with van der Waals surface area (Å²) < 4.78 is 16.5. The minimum Gasteiger partial charge on any atom is -0.497 e. The highest BCUT2D eigenvalue weighted by atomic mass is 16.7. The van der Waals surface area contributed by atoms with E-state index >= 15 is 0 Å². The number of rotatable bonds is 1. The standard InChI is InChI=1S/C14H16O4/c1-8-4-10(16-3)7-12-11(8)5-9-6-13(15)18-14(9,2)17-12/h4,7,9H,5-6H2,1-3H3/t9-,14+/m1/s1. The first-order valence-corrected chi connectivity index (χ1v) is 6.10. The van der Waals surface area contributed by atoms with Crippen molar-refractivity contribution in [2.24, 2.45) is 5.92 Å². The zero-order valence-corrected chi connectivity index (χ0v) is 10.8. The SMILES string of the molecule is COc1cc(C)c2c(c1)O[C@@]1(C)OC(=O)C[C@H]1C2. The van der Waals surface area contributed by atoms with Gasteiger partial charge in [0.05, 0.1) is 19.4 Å². The first kappa shape index (κ1) is 11.4. The van der Waals surface area contributed by atoms with Crippen molar-refractivity contribution in [2.45, 2.75) is 32.5 Å². The van der Waals surface area contributed by atoms with Crippen molar-refractivity contribution in [1.82, 2.24) is 0 Å². The Hall–Kier alpha value is -1.71. The first-order chi connectivity index (χ1) is 8.51. The van der Waals surface area contributed by atoms with Gasteiger partial charge in [-0.3, -0.25) is 4.79 Å². The number of hydrogen-bond acceptors (Lipinski definition) is 4. The topological polar surface area (TPSA) is 44.8 Å².